The fourth-order valence-electron chi connectivity index (χ4n) is 2.28. The number of carbonyl (C=O) groups is 1. The van der Waals surface area contributed by atoms with Gasteiger partial charge in [0.15, 0.2) is 0 Å². The van der Waals surface area contributed by atoms with E-state index in [4.69, 9.17) is 30.7 Å². The molecular weight excluding hydrogens is 354 g/mol. The van der Waals surface area contributed by atoms with Gasteiger partial charge in [0, 0.05) is 23.8 Å². The molecule has 0 bridgehead atoms. The van der Waals surface area contributed by atoms with E-state index in [9.17, 15) is 4.79 Å². The van der Waals surface area contributed by atoms with Gasteiger partial charge in [-0.05, 0) is 30.3 Å². The molecule has 0 radical (unpaired) electrons. The molecule has 1 aromatic carbocycles. The average Bonchev–Trinajstić information content (AvgIpc) is 2.98. The van der Waals surface area contributed by atoms with Crippen LogP contribution in [0.2, 0.25) is 5.02 Å². The molecule has 0 aromatic heterocycles. The molecule has 1 aromatic rings. The smallest absolute Gasteiger partial charge is 0.303 e. The first kappa shape index (κ1) is 18.8. The SMILES string of the molecule is COc1c(Cl)cccc1/C=C1/N[SH](CCCCCCC(=O)O)OO1. The zero-order chi connectivity index (χ0) is 17.4. The van der Waals surface area contributed by atoms with E-state index in [1.165, 1.54) is 0 Å². The van der Waals surface area contributed by atoms with Crippen molar-refractivity contribution in [3.05, 3.63) is 34.7 Å². The van der Waals surface area contributed by atoms with Crippen LogP contribution in [0.1, 0.15) is 37.7 Å². The van der Waals surface area contributed by atoms with Crippen molar-refractivity contribution in [3.63, 3.8) is 0 Å². The van der Waals surface area contributed by atoms with Gasteiger partial charge in [0.25, 0.3) is 0 Å². The van der Waals surface area contributed by atoms with Crippen LogP contribution in [0.15, 0.2) is 24.1 Å². The topological polar surface area (TPSA) is 77.0 Å². The number of carboxylic acid groups (broad SMARTS) is 1. The maximum absolute atomic E-state index is 10.4. The molecule has 1 aliphatic rings. The van der Waals surface area contributed by atoms with Crippen LogP contribution in [0, 0.1) is 0 Å². The fraction of sp³-hybridized carbons (Fsp3) is 0.438. The van der Waals surface area contributed by atoms with Crippen LogP contribution in [-0.2, 0) is 14.0 Å². The highest BCUT2D eigenvalue weighted by Gasteiger charge is 2.18. The largest absolute Gasteiger partial charge is 0.495 e. The van der Waals surface area contributed by atoms with Crippen molar-refractivity contribution in [2.75, 3.05) is 12.9 Å². The molecule has 1 fully saturated rings. The minimum absolute atomic E-state index is 0.237. The lowest BCUT2D eigenvalue weighted by Gasteiger charge is -2.09. The summed E-state index contributed by atoms with van der Waals surface area (Å²) in [6.45, 7) is 0. The highest BCUT2D eigenvalue weighted by Crippen LogP contribution is 2.35. The molecule has 0 aliphatic carbocycles. The number of methoxy groups -OCH3 is 1. The molecule has 1 heterocycles. The molecule has 2 rings (SSSR count). The van der Waals surface area contributed by atoms with Gasteiger partial charge >= 0.3 is 5.97 Å². The third kappa shape index (κ3) is 5.81. The summed E-state index contributed by atoms with van der Waals surface area (Å²) in [6.07, 6.45) is 5.62. The number of rotatable bonds is 9. The molecule has 134 valence electrons. The number of ether oxygens (including phenoxy) is 1. The molecule has 1 saturated heterocycles. The number of para-hydroxylation sites is 1. The Morgan fingerprint density at radius 2 is 2.17 bits per heavy atom. The minimum atomic E-state index is -0.866. The predicted octanol–water partition coefficient (Wildman–Crippen LogP) is 4.06. The molecule has 2 N–H and O–H groups in total. The van der Waals surface area contributed by atoms with Crippen LogP contribution >= 0.6 is 23.0 Å². The lowest BCUT2D eigenvalue weighted by molar-refractivity contribution is -0.137. The molecule has 0 saturated carbocycles. The first-order valence-corrected chi connectivity index (χ1v) is 9.57. The van der Waals surface area contributed by atoms with Crippen molar-refractivity contribution < 1.29 is 23.9 Å². The summed E-state index contributed by atoms with van der Waals surface area (Å²) in [4.78, 5) is 15.6. The van der Waals surface area contributed by atoms with Gasteiger partial charge in [-0.15, -0.1) is 4.33 Å². The normalized spacial score (nSPS) is 19.8. The maximum atomic E-state index is 10.4. The summed E-state index contributed by atoms with van der Waals surface area (Å²) < 4.78 is 13.8. The van der Waals surface area contributed by atoms with E-state index in [0.717, 1.165) is 37.0 Å². The van der Waals surface area contributed by atoms with E-state index in [2.05, 4.69) is 4.72 Å². The van der Waals surface area contributed by atoms with E-state index in [0.29, 0.717) is 16.7 Å². The summed E-state index contributed by atoms with van der Waals surface area (Å²) in [7, 11) is 1.57. The Hall–Kier alpha value is -1.57. The van der Waals surface area contributed by atoms with Gasteiger partial charge in [0.1, 0.15) is 5.75 Å². The van der Waals surface area contributed by atoms with Gasteiger partial charge in [-0.3, -0.25) is 9.52 Å². The summed E-state index contributed by atoms with van der Waals surface area (Å²) in [6, 6.07) is 5.48. The Morgan fingerprint density at radius 3 is 2.92 bits per heavy atom. The van der Waals surface area contributed by atoms with Crippen LogP contribution < -0.4 is 9.46 Å². The van der Waals surface area contributed by atoms with Crippen molar-refractivity contribution in [2.45, 2.75) is 32.1 Å². The lowest BCUT2D eigenvalue weighted by atomic mass is 10.2. The number of benzene rings is 1. The summed E-state index contributed by atoms with van der Waals surface area (Å²) in [5, 5.41) is 9.12. The van der Waals surface area contributed by atoms with Gasteiger partial charge < -0.3 is 14.7 Å². The quantitative estimate of drug-likeness (QED) is 0.343. The molecule has 6 nitrogen and oxygen atoms in total. The van der Waals surface area contributed by atoms with Gasteiger partial charge in [-0.25, -0.2) is 0 Å². The second kappa shape index (κ2) is 9.66. The Morgan fingerprint density at radius 1 is 1.38 bits per heavy atom. The average molecular weight is 376 g/mol. The molecule has 0 amide bonds. The molecule has 0 spiro atoms. The molecule has 24 heavy (non-hydrogen) atoms. The third-order valence-electron chi connectivity index (χ3n) is 3.44. The van der Waals surface area contributed by atoms with Crippen molar-refractivity contribution in [1.82, 2.24) is 4.72 Å². The van der Waals surface area contributed by atoms with Gasteiger partial charge in [-0.1, -0.05) is 36.6 Å². The van der Waals surface area contributed by atoms with Gasteiger partial charge in [0.05, 0.1) is 12.1 Å². The first-order chi connectivity index (χ1) is 11.6. The molecule has 1 atom stereocenters. The minimum Gasteiger partial charge on any atom is -0.495 e. The van der Waals surface area contributed by atoms with Crippen molar-refractivity contribution >= 4 is 35.0 Å². The van der Waals surface area contributed by atoms with Gasteiger partial charge in [-0.2, -0.15) is 0 Å². The monoisotopic (exact) mass is 375 g/mol. The molecule has 8 heteroatoms. The van der Waals surface area contributed by atoms with E-state index >= 15 is 0 Å². The number of hydrogen-bond acceptors (Lipinski definition) is 5. The van der Waals surface area contributed by atoms with Crippen LogP contribution in [0.4, 0.5) is 0 Å². The van der Waals surface area contributed by atoms with E-state index in [1.807, 2.05) is 12.1 Å². The second-order valence-electron chi connectivity index (χ2n) is 5.30. The van der Waals surface area contributed by atoms with E-state index < -0.39 is 17.3 Å². The van der Waals surface area contributed by atoms with Gasteiger partial charge in [0.2, 0.25) is 5.88 Å². The Kier molecular flexibility index (Phi) is 7.55. The summed E-state index contributed by atoms with van der Waals surface area (Å²) in [5.74, 6) is 1.24. The number of carboxylic acids is 1. The van der Waals surface area contributed by atoms with Crippen molar-refractivity contribution in [1.29, 1.82) is 0 Å². The Balaban J connectivity index is 1.77. The number of thiol groups is 1. The second-order valence-corrected chi connectivity index (χ2v) is 7.28. The zero-order valence-corrected chi connectivity index (χ0v) is 15.1. The molecule has 1 unspecified atom stereocenters. The highest BCUT2D eigenvalue weighted by atomic mass is 35.5. The number of halogens is 1. The standard InChI is InChI=1S/C16H22ClNO5S/c1-21-16-12(7-6-8-13(16)17)11-14-18-24(23-22-14)10-5-3-2-4-9-15(19)20/h6-8,11,18,24H,2-5,9-10H2,1H3,(H,19,20)/b14-11-. The summed E-state index contributed by atoms with van der Waals surface area (Å²) >= 11 is 5.23. The highest BCUT2D eigenvalue weighted by molar-refractivity contribution is 8.11. The number of aliphatic carboxylic acids is 1. The summed E-state index contributed by atoms with van der Waals surface area (Å²) in [5.41, 5.74) is 0.807. The predicted molar refractivity (Wildman–Crippen MR) is 95.9 cm³/mol. The lowest BCUT2D eigenvalue weighted by Crippen LogP contribution is -2.04. The van der Waals surface area contributed by atoms with E-state index in [1.54, 1.807) is 19.3 Å². The molecular formula is C16H22ClNO5S. The Bertz CT molecular complexity index is 596. The van der Waals surface area contributed by atoms with Crippen LogP contribution in [0.5, 0.6) is 5.75 Å². The van der Waals surface area contributed by atoms with Crippen molar-refractivity contribution in [2.24, 2.45) is 0 Å². The number of unbranched alkanes of at least 4 members (excludes halogenated alkanes) is 3. The molecule has 1 aliphatic heterocycles. The fourth-order valence-corrected chi connectivity index (χ4v) is 3.79. The maximum Gasteiger partial charge on any atom is 0.303 e. The number of nitrogens with one attached hydrogen (secondary N) is 1. The Labute approximate surface area is 149 Å². The zero-order valence-electron chi connectivity index (χ0n) is 13.5. The van der Waals surface area contributed by atoms with E-state index in [-0.39, 0.29) is 6.42 Å². The van der Waals surface area contributed by atoms with Crippen LogP contribution in [0.3, 0.4) is 0 Å². The third-order valence-corrected chi connectivity index (χ3v) is 5.19. The number of hydrogen-bond donors (Lipinski definition) is 3. The van der Waals surface area contributed by atoms with Crippen LogP contribution in [-0.4, -0.2) is 23.9 Å². The first-order valence-electron chi connectivity index (χ1n) is 7.75. The van der Waals surface area contributed by atoms with Crippen molar-refractivity contribution in [3.8, 4) is 5.75 Å². The van der Waals surface area contributed by atoms with Crippen LogP contribution in [0.25, 0.3) is 6.08 Å².